The molecule has 0 spiro atoms. The van der Waals surface area contributed by atoms with Gasteiger partial charge in [-0.05, 0) is 55.0 Å². The topological polar surface area (TPSA) is 75.3 Å². The van der Waals surface area contributed by atoms with Crippen molar-refractivity contribution in [3.8, 4) is 0 Å². The minimum Gasteiger partial charge on any atom is -0.325 e. The van der Waals surface area contributed by atoms with Gasteiger partial charge in [0.05, 0.1) is 20.7 Å². The SMILES string of the molecule is C[C@@H](SCc1ccccc1)C(=O)Nc1ccc(S(=O)(=O)Nc2ccc(Cl)c(C(F)(F)F)c2)cc1. The second-order valence-electron chi connectivity index (χ2n) is 7.25. The second-order valence-corrected chi connectivity index (χ2v) is 10.7. The highest BCUT2D eigenvalue weighted by atomic mass is 35.5. The Morgan fingerprint density at radius 3 is 2.24 bits per heavy atom. The quantitative estimate of drug-likeness (QED) is 0.354. The summed E-state index contributed by atoms with van der Waals surface area (Å²) in [4.78, 5) is 12.3. The summed E-state index contributed by atoms with van der Waals surface area (Å²) in [7, 11) is -4.17. The van der Waals surface area contributed by atoms with E-state index in [2.05, 4.69) is 10.0 Å². The molecule has 3 aromatic carbocycles. The molecule has 0 saturated heterocycles. The zero-order chi connectivity index (χ0) is 24.9. The van der Waals surface area contributed by atoms with Crippen LogP contribution in [0.3, 0.4) is 0 Å². The number of hydrogen-bond donors (Lipinski definition) is 2. The maximum absolute atomic E-state index is 13.0. The maximum atomic E-state index is 13.0. The number of hydrogen-bond acceptors (Lipinski definition) is 4. The lowest BCUT2D eigenvalue weighted by Crippen LogP contribution is -2.22. The average molecular weight is 529 g/mol. The zero-order valence-corrected chi connectivity index (χ0v) is 20.2. The molecule has 5 nitrogen and oxygen atoms in total. The largest absolute Gasteiger partial charge is 0.417 e. The first-order chi connectivity index (χ1) is 16.0. The number of alkyl halides is 3. The van der Waals surface area contributed by atoms with Gasteiger partial charge < -0.3 is 5.32 Å². The minimum absolute atomic E-state index is 0.180. The van der Waals surface area contributed by atoms with E-state index in [0.717, 1.165) is 17.7 Å². The van der Waals surface area contributed by atoms with Crippen LogP contribution in [0.4, 0.5) is 24.5 Å². The molecular formula is C23H20ClF3N2O3S2. The lowest BCUT2D eigenvalue weighted by molar-refractivity contribution is -0.137. The molecule has 0 aliphatic carbocycles. The van der Waals surface area contributed by atoms with E-state index in [9.17, 15) is 26.4 Å². The molecule has 0 saturated carbocycles. The summed E-state index contributed by atoms with van der Waals surface area (Å²) in [6.07, 6.45) is -4.73. The fraction of sp³-hybridized carbons (Fsp3) is 0.174. The van der Waals surface area contributed by atoms with E-state index in [1.165, 1.54) is 36.0 Å². The highest BCUT2D eigenvalue weighted by molar-refractivity contribution is 7.99. The molecule has 11 heteroatoms. The summed E-state index contributed by atoms with van der Waals surface area (Å²) in [6, 6.07) is 17.8. The van der Waals surface area contributed by atoms with Gasteiger partial charge in [0, 0.05) is 17.1 Å². The maximum Gasteiger partial charge on any atom is 0.417 e. The van der Waals surface area contributed by atoms with Crippen molar-refractivity contribution in [1.82, 2.24) is 0 Å². The van der Waals surface area contributed by atoms with Gasteiger partial charge in [-0.25, -0.2) is 8.42 Å². The molecule has 1 atom stereocenters. The van der Waals surface area contributed by atoms with E-state index in [1.54, 1.807) is 6.92 Å². The molecule has 0 fully saturated rings. The Bertz CT molecular complexity index is 1250. The van der Waals surface area contributed by atoms with Crippen molar-refractivity contribution in [1.29, 1.82) is 0 Å². The Kier molecular flexibility index (Phi) is 8.17. The van der Waals surface area contributed by atoms with E-state index in [4.69, 9.17) is 11.6 Å². The number of halogens is 4. The van der Waals surface area contributed by atoms with Crippen molar-refractivity contribution in [2.45, 2.75) is 29.0 Å². The van der Waals surface area contributed by atoms with E-state index in [-0.39, 0.29) is 21.7 Å². The molecule has 2 N–H and O–H groups in total. The van der Waals surface area contributed by atoms with Crippen molar-refractivity contribution in [2.24, 2.45) is 0 Å². The smallest absolute Gasteiger partial charge is 0.325 e. The van der Waals surface area contributed by atoms with Crippen LogP contribution in [-0.4, -0.2) is 19.6 Å². The number of carbonyl (C=O) groups excluding carboxylic acids is 1. The monoisotopic (exact) mass is 528 g/mol. The van der Waals surface area contributed by atoms with E-state index < -0.39 is 26.8 Å². The molecule has 0 aliphatic heterocycles. The van der Waals surface area contributed by atoms with Gasteiger partial charge in [0.1, 0.15) is 0 Å². The molecule has 0 unspecified atom stereocenters. The molecule has 34 heavy (non-hydrogen) atoms. The standard InChI is InChI=1S/C23H20ClF3N2O3S2/c1-15(33-14-16-5-3-2-4-6-16)22(30)28-17-7-10-19(11-8-17)34(31,32)29-18-9-12-21(24)20(13-18)23(25,26)27/h2-13,15,29H,14H2,1H3,(H,28,30)/t15-/m1/s1. The van der Waals surface area contributed by atoms with Gasteiger partial charge >= 0.3 is 6.18 Å². The van der Waals surface area contributed by atoms with E-state index in [0.29, 0.717) is 17.5 Å². The van der Waals surface area contributed by atoms with Crippen molar-refractivity contribution in [3.63, 3.8) is 0 Å². The summed E-state index contributed by atoms with van der Waals surface area (Å²) in [6.45, 7) is 1.77. The van der Waals surface area contributed by atoms with Crippen LogP contribution in [0.5, 0.6) is 0 Å². The molecule has 1 amide bonds. The van der Waals surface area contributed by atoms with Crippen LogP contribution in [0.25, 0.3) is 0 Å². The fourth-order valence-corrected chi connectivity index (χ4v) is 4.97. The molecular weight excluding hydrogens is 509 g/mol. The van der Waals surface area contributed by atoms with Crippen molar-refractivity contribution in [3.05, 3.63) is 88.9 Å². The van der Waals surface area contributed by atoms with Gasteiger partial charge in [-0.15, -0.1) is 11.8 Å². The Morgan fingerprint density at radius 1 is 1.00 bits per heavy atom. The minimum atomic E-state index is -4.73. The molecule has 3 aromatic rings. The number of carbonyl (C=O) groups is 1. The first-order valence-electron chi connectivity index (χ1n) is 9.92. The highest BCUT2D eigenvalue weighted by Crippen LogP contribution is 2.36. The number of amides is 1. The van der Waals surface area contributed by atoms with Gasteiger partial charge in [0.15, 0.2) is 0 Å². The average Bonchev–Trinajstić information content (AvgIpc) is 2.79. The van der Waals surface area contributed by atoms with Gasteiger partial charge in [-0.1, -0.05) is 41.9 Å². The normalized spacial score (nSPS) is 12.7. The molecule has 0 radical (unpaired) electrons. The van der Waals surface area contributed by atoms with Crippen LogP contribution >= 0.6 is 23.4 Å². The number of sulfonamides is 1. The first kappa shape index (κ1) is 25.9. The van der Waals surface area contributed by atoms with Crippen LogP contribution in [0.15, 0.2) is 77.7 Å². The Hall–Kier alpha value is -2.69. The van der Waals surface area contributed by atoms with Crippen LogP contribution < -0.4 is 10.0 Å². The van der Waals surface area contributed by atoms with Gasteiger partial charge in [-0.2, -0.15) is 13.2 Å². The first-order valence-corrected chi connectivity index (χ1v) is 12.8. The summed E-state index contributed by atoms with van der Waals surface area (Å²) in [5, 5.41) is 1.84. The number of rotatable bonds is 8. The van der Waals surface area contributed by atoms with Crippen LogP contribution in [0, 0.1) is 0 Å². The van der Waals surface area contributed by atoms with Crippen molar-refractivity contribution < 1.29 is 26.4 Å². The van der Waals surface area contributed by atoms with Gasteiger partial charge in [-0.3, -0.25) is 9.52 Å². The van der Waals surface area contributed by atoms with Crippen LogP contribution in [0.1, 0.15) is 18.1 Å². The third-order valence-electron chi connectivity index (χ3n) is 4.67. The van der Waals surface area contributed by atoms with Crippen LogP contribution in [0.2, 0.25) is 5.02 Å². The summed E-state index contributed by atoms with van der Waals surface area (Å²) in [5.41, 5.74) is 0.0595. The third kappa shape index (κ3) is 6.91. The van der Waals surface area contributed by atoms with Crippen LogP contribution in [-0.2, 0) is 26.7 Å². The summed E-state index contributed by atoms with van der Waals surface area (Å²) in [5.74, 6) is 0.425. The number of anilines is 2. The third-order valence-corrected chi connectivity index (χ3v) is 7.61. The molecule has 0 aliphatic rings. The number of nitrogens with one attached hydrogen (secondary N) is 2. The van der Waals surface area contributed by atoms with Crippen molar-refractivity contribution in [2.75, 3.05) is 10.0 Å². The zero-order valence-electron chi connectivity index (χ0n) is 17.8. The molecule has 0 heterocycles. The van der Waals surface area contributed by atoms with Crippen molar-refractivity contribution >= 4 is 50.7 Å². The van der Waals surface area contributed by atoms with E-state index >= 15 is 0 Å². The lowest BCUT2D eigenvalue weighted by atomic mass is 10.2. The lowest BCUT2D eigenvalue weighted by Gasteiger charge is -2.14. The molecule has 0 bridgehead atoms. The molecule has 0 aromatic heterocycles. The highest BCUT2D eigenvalue weighted by Gasteiger charge is 2.33. The van der Waals surface area contributed by atoms with Gasteiger partial charge in [0.2, 0.25) is 5.91 Å². The molecule has 3 rings (SSSR count). The van der Waals surface area contributed by atoms with E-state index in [1.807, 2.05) is 30.3 Å². The Labute approximate surface area is 204 Å². The van der Waals surface area contributed by atoms with Gasteiger partial charge in [0.25, 0.3) is 10.0 Å². The Morgan fingerprint density at radius 2 is 1.62 bits per heavy atom. The number of thioether (sulfide) groups is 1. The predicted molar refractivity (Wildman–Crippen MR) is 130 cm³/mol. The molecule has 180 valence electrons. The fourth-order valence-electron chi connectivity index (χ4n) is 2.85. The predicted octanol–water partition coefficient (Wildman–Crippen LogP) is 6.42. The second kappa shape index (κ2) is 10.7. The Balaban J connectivity index is 1.63. The number of benzene rings is 3. The summed E-state index contributed by atoms with van der Waals surface area (Å²) >= 11 is 7.03. The summed E-state index contributed by atoms with van der Waals surface area (Å²) < 4.78 is 66.4.